The van der Waals surface area contributed by atoms with E-state index in [2.05, 4.69) is 20.4 Å². The molecule has 7 heteroatoms. The number of anilines is 1. The second kappa shape index (κ2) is 7.77. The minimum atomic E-state index is -2.95. The first kappa shape index (κ1) is 17.6. The number of hydrogen-bond acceptors (Lipinski definition) is 3. The number of rotatable bonds is 5. The lowest BCUT2D eigenvalue weighted by atomic mass is 10.1. The van der Waals surface area contributed by atoms with Gasteiger partial charge in [0.25, 0.3) is 0 Å². The number of nitrogens with zero attached hydrogens (tertiary/aromatic N) is 1. The van der Waals surface area contributed by atoms with Gasteiger partial charge in [-0.3, -0.25) is 4.98 Å². The normalized spacial score (nSPS) is 10.8. The fourth-order valence-corrected chi connectivity index (χ4v) is 2.50. The van der Waals surface area contributed by atoms with Crippen LogP contribution in [0.3, 0.4) is 0 Å². The van der Waals surface area contributed by atoms with E-state index >= 15 is 0 Å². The third-order valence-electron chi connectivity index (χ3n) is 3.77. The molecule has 0 radical (unpaired) electrons. The molecule has 0 aliphatic rings. The zero-order valence-corrected chi connectivity index (χ0v) is 14.0. The smallest absolute Gasteiger partial charge is 0.387 e. The number of aryl methyl sites for hydroxylation is 1. The molecule has 0 spiro atoms. The molecule has 2 N–H and O–H groups in total. The van der Waals surface area contributed by atoms with Crippen LogP contribution in [0.2, 0.25) is 0 Å². The quantitative estimate of drug-likeness (QED) is 0.708. The van der Waals surface area contributed by atoms with Gasteiger partial charge in [0.2, 0.25) is 0 Å². The number of pyridine rings is 1. The first-order valence-corrected chi connectivity index (χ1v) is 7.96. The van der Waals surface area contributed by atoms with Crippen molar-refractivity contribution < 1.29 is 18.3 Å². The Morgan fingerprint density at radius 2 is 1.92 bits per heavy atom. The third-order valence-corrected chi connectivity index (χ3v) is 3.77. The number of hydrogen-bond donors (Lipinski definition) is 2. The van der Waals surface area contributed by atoms with Gasteiger partial charge in [0.15, 0.2) is 5.75 Å². The lowest BCUT2D eigenvalue weighted by Gasteiger charge is -2.13. The van der Waals surface area contributed by atoms with Crippen LogP contribution in [-0.4, -0.2) is 17.6 Å². The summed E-state index contributed by atoms with van der Waals surface area (Å²) in [5.41, 5.74) is 2.82. The summed E-state index contributed by atoms with van der Waals surface area (Å²) >= 11 is 0. The number of ether oxygens (including phenoxy) is 1. The third kappa shape index (κ3) is 4.24. The standard InChI is InChI=1S/C19H17F2N3O2/c1-12-4-6-13(7-5-12)11-23-19(25)24-15-8-9-16(26-18(20)21)17-14(15)3-2-10-22-17/h2-10,18H,11H2,1H3,(H2,23,24,25). The van der Waals surface area contributed by atoms with Gasteiger partial charge < -0.3 is 15.4 Å². The van der Waals surface area contributed by atoms with Crippen LogP contribution in [0.15, 0.2) is 54.7 Å². The van der Waals surface area contributed by atoms with Crippen molar-refractivity contribution in [1.29, 1.82) is 0 Å². The Hall–Kier alpha value is -3.22. The van der Waals surface area contributed by atoms with E-state index < -0.39 is 12.6 Å². The second-order valence-corrected chi connectivity index (χ2v) is 5.68. The van der Waals surface area contributed by atoms with Crippen LogP contribution in [0.25, 0.3) is 10.9 Å². The maximum absolute atomic E-state index is 12.5. The maximum Gasteiger partial charge on any atom is 0.387 e. The molecule has 0 bridgehead atoms. The number of alkyl halides is 2. The zero-order chi connectivity index (χ0) is 18.5. The highest BCUT2D eigenvalue weighted by atomic mass is 19.3. The van der Waals surface area contributed by atoms with Crippen molar-refractivity contribution >= 4 is 22.6 Å². The van der Waals surface area contributed by atoms with E-state index in [0.29, 0.717) is 17.6 Å². The molecule has 1 aromatic heterocycles. The monoisotopic (exact) mass is 357 g/mol. The number of fused-ring (bicyclic) bond motifs is 1. The van der Waals surface area contributed by atoms with Gasteiger partial charge in [0.05, 0.1) is 5.69 Å². The largest absolute Gasteiger partial charge is 0.432 e. The molecule has 134 valence electrons. The van der Waals surface area contributed by atoms with Crippen LogP contribution in [0.4, 0.5) is 19.3 Å². The summed E-state index contributed by atoms with van der Waals surface area (Å²) in [5.74, 6) is -0.0405. The van der Waals surface area contributed by atoms with Crippen molar-refractivity contribution in [1.82, 2.24) is 10.3 Å². The molecule has 1 heterocycles. The van der Waals surface area contributed by atoms with Crippen LogP contribution in [0.1, 0.15) is 11.1 Å². The van der Waals surface area contributed by atoms with Gasteiger partial charge in [-0.25, -0.2) is 4.79 Å². The summed E-state index contributed by atoms with van der Waals surface area (Å²) in [6.07, 6.45) is 1.47. The van der Waals surface area contributed by atoms with Gasteiger partial charge in [-0.2, -0.15) is 8.78 Å². The fraction of sp³-hybridized carbons (Fsp3) is 0.158. The Balaban J connectivity index is 1.74. The molecule has 3 aromatic rings. The van der Waals surface area contributed by atoms with E-state index in [1.165, 1.54) is 18.3 Å². The number of carbonyl (C=O) groups is 1. The molecule has 0 atom stereocenters. The second-order valence-electron chi connectivity index (χ2n) is 5.68. The number of carbonyl (C=O) groups excluding carboxylic acids is 1. The Morgan fingerprint density at radius 3 is 2.65 bits per heavy atom. The Bertz CT molecular complexity index is 914. The average Bonchev–Trinajstić information content (AvgIpc) is 2.63. The van der Waals surface area contributed by atoms with Gasteiger partial charge in [-0.15, -0.1) is 0 Å². The van der Waals surface area contributed by atoms with Crippen molar-refractivity contribution in [2.75, 3.05) is 5.32 Å². The molecule has 0 unspecified atom stereocenters. The minimum absolute atomic E-state index is 0.0405. The summed E-state index contributed by atoms with van der Waals surface area (Å²) < 4.78 is 29.5. The van der Waals surface area contributed by atoms with E-state index in [1.54, 1.807) is 12.1 Å². The van der Waals surface area contributed by atoms with Crippen molar-refractivity contribution in [3.05, 3.63) is 65.9 Å². The minimum Gasteiger partial charge on any atom is -0.432 e. The van der Waals surface area contributed by atoms with Gasteiger partial charge in [0.1, 0.15) is 5.52 Å². The molecule has 0 aliphatic carbocycles. The number of urea groups is 1. The Morgan fingerprint density at radius 1 is 1.15 bits per heavy atom. The van der Waals surface area contributed by atoms with E-state index in [0.717, 1.165) is 11.1 Å². The van der Waals surface area contributed by atoms with Crippen LogP contribution in [0, 0.1) is 6.92 Å². The molecule has 0 aliphatic heterocycles. The summed E-state index contributed by atoms with van der Waals surface area (Å²) in [7, 11) is 0. The molecule has 0 fully saturated rings. The lowest BCUT2D eigenvalue weighted by Crippen LogP contribution is -2.28. The highest BCUT2D eigenvalue weighted by Gasteiger charge is 2.13. The predicted octanol–water partition coefficient (Wildman–Crippen LogP) is 4.47. The summed E-state index contributed by atoms with van der Waals surface area (Å²) in [4.78, 5) is 16.2. The summed E-state index contributed by atoms with van der Waals surface area (Å²) in [6, 6.07) is 13.6. The average molecular weight is 357 g/mol. The molecular formula is C19H17F2N3O2. The molecule has 0 saturated heterocycles. The maximum atomic E-state index is 12.5. The molecular weight excluding hydrogens is 340 g/mol. The fourth-order valence-electron chi connectivity index (χ4n) is 2.50. The number of aromatic nitrogens is 1. The van der Waals surface area contributed by atoms with Crippen LogP contribution in [-0.2, 0) is 6.54 Å². The number of nitrogens with one attached hydrogen (secondary N) is 2. The topological polar surface area (TPSA) is 63.2 Å². The zero-order valence-electron chi connectivity index (χ0n) is 14.0. The highest BCUT2D eigenvalue weighted by molar-refractivity contribution is 6.02. The molecule has 3 rings (SSSR count). The molecule has 2 aromatic carbocycles. The van der Waals surface area contributed by atoms with Crippen LogP contribution < -0.4 is 15.4 Å². The van der Waals surface area contributed by atoms with Crippen molar-refractivity contribution in [2.45, 2.75) is 20.1 Å². The summed E-state index contributed by atoms with van der Waals surface area (Å²) in [6.45, 7) is -0.587. The van der Waals surface area contributed by atoms with Crippen molar-refractivity contribution in [3.8, 4) is 5.75 Å². The van der Waals surface area contributed by atoms with Crippen LogP contribution in [0.5, 0.6) is 5.75 Å². The Kier molecular flexibility index (Phi) is 5.26. The van der Waals surface area contributed by atoms with Gasteiger partial charge in [-0.1, -0.05) is 29.8 Å². The van der Waals surface area contributed by atoms with Crippen molar-refractivity contribution in [2.24, 2.45) is 0 Å². The van der Waals surface area contributed by atoms with Gasteiger partial charge in [-0.05, 0) is 36.8 Å². The van der Waals surface area contributed by atoms with Gasteiger partial charge in [0, 0.05) is 18.1 Å². The van der Waals surface area contributed by atoms with Crippen LogP contribution >= 0.6 is 0 Å². The number of halogens is 2. The van der Waals surface area contributed by atoms with E-state index in [-0.39, 0.29) is 11.3 Å². The lowest BCUT2D eigenvalue weighted by molar-refractivity contribution is -0.0489. The predicted molar refractivity (Wildman–Crippen MR) is 95.4 cm³/mol. The molecule has 0 saturated carbocycles. The van der Waals surface area contributed by atoms with Gasteiger partial charge >= 0.3 is 12.6 Å². The molecule has 26 heavy (non-hydrogen) atoms. The van der Waals surface area contributed by atoms with Crippen molar-refractivity contribution in [3.63, 3.8) is 0 Å². The van der Waals surface area contributed by atoms with E-state index in [4.69, 9.17) is 0 Å². The first-order valence-electron chi connectivity index (χ1n) is 7.96. The van der Waals surface area contributed by atoms with E-state index in [1.807, 2.05) is 31.2 Å². The first-order chi connectivity index (χ1) is 12.5. The van der Waals surface area contributed by atoms with E-state index in [9.17, 15) is 13.6 Å². The number of benzene rings is 2. The SMILES string of the molecule is Cc1ccc(CNC(=O)Nc2ccc(OC(F)F)c3ncccc23)cc1. The summed E-state index contributed by atoms with van der Waals surface area (Å²) in [5, 5.41) is 5.98. The Labute approximate surface area is 149 Å². The number of amides is 2. The highest BCUT2D eigenvalue weighted by Crippen LogP contribution is 2.30. The molecule has 2 amide bonds. The molecule has 5 nitrogen and oxygen atoms in total.